The van der Waals surface area contributed by atoms with E-state index in [9.17, 15) is 9.59 Å². The highest BCUT2D eigenvalue weighted by Gasteiger charge is 2.18. The van der Waals surface area contributed by atoms with Gasteiger partial charge in [0.25, 0.3) is 0 Å². The molecule has 0 radical (unpaired) electrons. The fourth-order valence-corrected chi connectivity index (χ4v) is 1.21. The minimum Gasteiger partial charge on any atom is -0.481 e. The molecule has 0 aliphatic carbocycles. The van der Waals surface area contributed by atoms with Gasteiger partial charge in [-0.3, -0.25) is 9.59 Å². The Hall–Kier alpha value is -1.20. The number of carboxylic acids is 1. The molecule has 0 amide bonds. The average molecular weight is 279 g/mol. The second-order valence-corrected chi connectivity index (χ2v) is 3.55. The summed E-state index contributed by atoms with van der Waals surface area (Å²) in [5.41, 5.74) is 5.29. The Balaban J connectivity index is 0.00000361. The van der Waals surface area contributed by atoms with Crippen molar-refractivity contribution in [1.29, 1.82) is 0 Å². The lowest BCUT2D eigenvalue weighted by atomic mass is 9.99. The topological polar surface area (TPSA) is 80.4 Å². The molecule has 0 bridgehead atoms. The molecule has 94 valence electrons. The van der Waals surface area contributed by atoms with E-state index in [4.69, 9.17) is 26.6 Å². The Morgan fingerprint density at radius 1 is 1.65 bits per heavy atom. The summed E-state index contributed by atoms with van der Waals surface area (Å²) in [5, 5.41) is 9.12. The van der Waals surface area contributed by atoms with E-state index >= 15 is 0 Å². The van der Waals surface area contributed by atoms with Gasteiger partial charge in [-0.15, -0.1) is 0 Å². The summed E-state index contributed by atoms with van der Waals surface area (Å²) in [7, 11) is 0. The predicted octanol–water partition coefficient (Wildman–Crippen LogP) is 2.33. The Morgan fingerprint density at radius 3 is 2.71 bits per heavy atom. The quantitative estimate of drug-likeness (QED) is 0.654. The molecule has 1 aromatic carbocycles. The maximum Gasteiger partial charge on any atom is 0.306 e. The lowest BCUT2D eigenvalue weighted by Gasteiger charge is -2.07. The van der Waals surface area contributed by atoms with Crippen LogP contribution in [-0.2, 0) is 4.79 Å². The normalized spacial score (nSPS) is 16.7. The van der Waals surface area contributed by atoms with Gasteiger partial charge >= 0.3 is 5.97 Å². The smallest absolute Gasteiger partial charge is 0.306 e. The van der Waals surface area contributed by atoms with Crippen molar-refractivity contribution in [2.24, 2.45) is 5.89 Å². The molecule has 0 saturated heterocycles. The Bertz CT molecular complexity index is 552. The van der Waals surface area contributed by atoms with Crippen molar-refractivity contribution < 1.29 is 18.8 Å². The van der Waals surface area contributed by atoms with Crippen LogP contribution in [0.15, 0.2) is 18.2 Å². The van der Waals surface area contributed by atoms with Crippen molar-refractivity contribution in [3.8, 4) is 0 Å². The maximum atomic E-state index is 12.1. The van der Waals surface area contributed by atoms with Gasteiger partial charge < -0.3 is 10.8 Å². The zero-order chi connectivity index (χ0) is 15.0. The molecule has 1 aromatic rings. The molecule has 4 nitrogen and oxygen atoms in total. The molecule has 3 N–H and O–H groups in total. The van der Waals surface area contributed by atoms with Crippen LogP contribution in [0.4, 0.5) is 5.69 Å². The van der Waals surface area contributed by atoms with E-state index in [2.05, 4.69) is 0 Å². The lowest BCUT2D eigenvalue weighted by Crippen LogP contribution is -2.15. The third-order valence-electron chi connectivity index (χ3n) is 1.88. The number of aliphatic carboxylic acids is 1. The molecular formula is C11H14ClNO3S. The van der Waals surface area contributed by atoms with E-state index in [0.717, 1.165) is 6.92 Å². The third-order valence-corrected chi connectivity index (χ3v) is 2.12. The number of hydrogen-bond donors (Lipinski definition) is 2. The number of halogens is 1. The third kappa shape index (κ3) is 4.28. The number of nitrogens with two attached hydrogens (primary N) is 1. The summed E-state index contributed by atoms with van der Waals surface area (Å²) in [6.45, 7) is 0.819. The molecule has 0 aliphatic heterocycles. The first kappa shape index (κ1) is 10.9. The van der Waals surface area contributed by atoms with Gasteiger partial charge in [0, 0.05) is 26.8 Å². The molecule has 0 heterocycles. The summed E-state index contributed by atoms with van der Waals surface area (Å²) >= 11 is 5.66. The van der Waals surface area contributed by atoms with Gasteiger partial charge in [0.15, 0.2) is 5.78 Å². The van der Waals surface area contributed by atoms with Crippen LogP contribution in [0.5, 0.6) is 0 Å². The number of carboxylic acid groups (broad SMARTS) is 1. The SMILES string of the molecule is S.[2H]C([2H])(C(=O)c1ccc(Cl)cc1N)[C@]([2H])(C)C(=O)O. The van der Waals surface area contributed by atoms with Crippen LogP contribution in [0.2, 0.25) is 5.02 Å². The fourth-order valence-electron chi connectivity index (χ4n) is 1.03. The number of carbonyl (C=O) groups excluding carboxylic acids is 1. The highest BCUT2D eigenvalue weighted by atomic mass is 35.5. The molecule has 6 heteroatoms. The van der Waals surface area contributed by atoms with Crippen molar-refractivity contribution >= 4 is 42.5 Å². The van der Waals surface area contributed by atoms with Crippen molar-refractivity contribution in [3.05, 3.63) is 28.8 Å². The molecule has 0 fully saturated rings. The number of rotatable bonds is 4. The number of benzene rings is 1. The van der Waals surface area contributed by atoms with Crippen LogP contribution in [-0.4, -0.2) is 16.9 Å². The summed E-state index contributed by atoms with van der Waals surface area (Å²) in [6, 6.07) is 3.80. The van der Waals surface area contributed by atoms with Crippen LogP contribution in [0, 0.1) is 5.89 Å². The molecule has 0 aliphatic rings. The Morgan fingerprint density at radius 2 is 2.24 bits per heavy atom. The monoisotopic (exact) mass is 278 g/mol. The second-order valence-electron chi connectivity index (χ2n) is 3.12. The molecule has 1 atom stereocenters. The van der Waals surface area contributed by atoms with Gasteiger partial charge in [-0.1, -0.05) is 18.5 Å². The number of Topliss-reactive ketones (excluding diaryl/α,β-unsaturated/α-hetero) is 1. The van der Waals surface area contributed by atoms with E-state index in [1.807, 2.05) is 0 Å². The first-order valence-electron chi connectivity index (χ1n) is 5.85. The highest BCUT2D eigenvalue weighted by Crippen LogP contribution is 2.20. The molecule has 1 rings (SSSR count). The van der Waals surface area contributed by atoms with Crippen LogP contribution in [0.1, 0.15) is 27.8 Å². The molecule has 0 unspecified atom stereocenters. The number of anilines is 1. The van der Waals surface area contributed by atoms with E-state index in [-0.39, 0.29) is 29.8 Å². The van der Waals surface area contributed by atoms with Crippen LogP contribution < -0.4 is 5.73 Å². The van der Waals surface area contributed by atoms with Crippen LogP contribution >= 0.6 is 25.1 Å². The maximum absolute atomic E-state index is 12.1. The molecule has 17 heavy (non-hydrogen) atoms. The first-order valence-corrected chi connectivity index (χ1v) is 4.73. The number of ketones is 1. The predicted molar refractivity (Wildman–Crippen MR) is 72.0 cm³/mol. The Labute approximate surface area is 115 Å². The number of hydrogen-bond acceptors (Lipinski definition) is 3. The summed E-state index contributed by atoms with van der Waals surface area (Å²) in [4.78, 5) is 23.0. The first-order chi connectivity index (χ1) is 8.51. The fraction of sp³-hybridized carbons (Fsp3) is 0.273. The van der Waals surface area contributed by atoms with E-state index in [1.54, 1.807) is 0 Å². The van der Waals surface area contributed by atoms with Gasteiger partial charge in [0.2, 0.25) is 0 Å². The van der Waals surface area contributed by atoms with Crippen molar-refractivity contribution in [2.45, 2.75) is 13.3 Å². The standard InChI is InChI=1S/C11H12ClNO3.H2S/c1-6(11(15)16)4-10(14)8-3-2-7(12)5-9(8)13;/h2-3,5-6H,4,13H2,1H3,(H,15,16);1H2/t6-;/m0./s1/i4D2,6D;. The van der Waals surface area contributed by atoms with E-state index < -0.39 is 24.0 Å². The highest BCUT2D eigenvalue weighted by molar-refractivity contribution is 7.59. The average Bonchev–Trinajstić information content (AvgIpc) is 2.27. The molecular weight excluding hydrogens is 262 g/mol. The zero-order valence-corrected chi connectivity index (χ0v) is 10.7. The van der Waals surface area contributed by atoms with Gasteiger partial charge in [0.05, 0.1) is 5.89 Å². The minimum atomic E-state index is -2.93. The van der Waals surface area contributed by atoms with Gasteiger partial charge in [-0.2, -0.15) is 13.5 Å². The van der Waals surface area contributed by atoms with Crippen molar-refractivity contribution in [1.82, 2.24) is 0 Å². The van der Waals surface area contributed by atoms with Gasteiger partial charge in [-0.05, 0) is 18.2 Å². The second kappa shape index (κ2) is 6.51. The van der Waals surface area contributed by atoms with Gasteiger partial charge in [-0.25, -0.2) is 0 Å². The Kier molecular flexibility index (Phi) is 4.19. The van der Waals surface area contributed by atoms with Crippen LogP contribution in [0.3, 0.4) is 0 Å². The molecule has 0 aromatic heterocycles. The number of carbonyl (C=O) groups is 2. The van der Waals surface area contributed by atoms with Crippen molar-refractivity contribution in [2.75, 3.05) is 5.73 Å². The molecule has 0 saturated carbocycles. The van der Waals surface area contributed by atoms with Crippen molar-refractivity contribution in [3.63, 3.8) is 0 Å². The summed E-state index contributed by atoms with van der Waals surface area (Å²) in [6.07, 6.45) is -2.93. The van der Waals surface area contributed by atoms with E-state index in [0.29, 0.717) is 0 Å². The van der Waals surface area contributed by atoms with E-state index in [1.165, 1.54) is 18.2 Å². The largest absolute Gasteiger partial charge is 0.481 e. The number of nitrogen functional groups attached to an aromatic ring is 1. The zero-order valence-electron chi connectivity index (χ0n) is 12.0. The summed E-state index contributed by atoms with van der Waals surface area (Å²) in [5.74, 6) is -5.53. The molecule has 0 spiro atoms. The summed E-state index contributed by atoms with van der Waals surface area (Å²) < 4.78 is 22.7. The van der Waals surface area contributed by atoms with Gasteiger partial charge in [0.1, 0.15) is 0 Å². The minimum absolute atomic E-state index is 0. The lowest BCUT2D eigenvalue weighted by molar-refractivity contribution is -0.141. The van der Waals surface area contributed by atoms with Crippen LogP contribution in [0.25, 0.3) is 0 Å².